The molecular weight excluding hydrogens is 398 g/mol. The number of rotatable bonds is 4. The van der Waals surface area contributed by atoms with Gasteiger partial charge in [-0.2, -0.15) is 5.26 Å². The molecule has 7 nitrogen and oxygen atoms in total. The molecule has 2 aliphatic rings. The van der Waals surface area contributed by atoms with E-state index < -0.39 is 5.60 Å². The normalized spacial score (nSPS) is 23.6. The maximum absolute atomic E-state index is 12.0. The van der Waals surface area contributed by atoms with Gasteiger partial charge in [0.15, 0.2) is 0 Å². The van der Waals surface area contributed by atoms with Gasteiger partial charge in [0.25, 0.3) is 0 Å². The lowest BCUT2D eigenvalue weighted by atomic mass is 9.91. The predicted octanol–water partition coefficient (Wildman–Crippen LogP) is 4.88. The van der Waals surface area contributed by atoms with Gasteiger partial charge in [-0.3, -0.25) is 0 Å². The van der Waals surface area contributed by atoms with E-state index in [0.29, 0.717) is 18.4 Å². The average molecular weight is 428 g/mol. The summed E-state index contributed by atoms with van der Waals surface area (Å²) >= 11 is 1.74. The Morgan fingerprint density at radius 1 is 1.23 bits per heavy atom. The van der Waals surface area contributed by atoms with Gasteiger partial charge in [0.1, 0.15) is 22.6 Å². The fourth-order valence-electron chi connectivity index (χ4n) is 4.54. The molecule has 0 spiro atoms. The van der Waals surface area contributed by atoms with Crippen molar-refractivity contribution in [2.45, 2.75) is 89.3 Å². The van der Waals surface area contributed by atoms with Crippen LogP contribution in [0.5, 0.6) is 0 Å². The van der Waals surface area contributed by atoms with Crippen LogP contribution in [-0.2, 0) is 11.2 Å². The number of thiophene rings is 1. The number of nitrogens with zero attached hydrogens (tertiary/aromatic N) is 3. The number of fused-ring (bicyclic) bond motifs is 3. The second-order valence-electron chi connectivity index (χ2n) is 9.28. The second kappa shape index (κ2) is 8.38. The van der Waals surface area contributed by atoms with Crippen LogP contribution in [0, 0.1) is 11.3 Å². The van der Waals surface area contributed by atoms with E-state index in [9.17, 15) is 10.1 Å². The fourth-order valence-corrected chi connectivity index (χ4v) is 5.78. The first-order chi connectivity index (χ1) is 14.3. The van der Waals surface area contributed by atoms with Crippen LogP contribution in [-0.4, -0.2) is 33.7 Å². The molecule has 4 rings (SSSR count). The second-order valence-corrected chi connectivity index (χ2v) is 10.4. The Labute approximate surface area is 181 Å². The van der Waals surface area contributed by atoms with Crippen LogP contribution in [0.15, 0.2) is 6.33 Å². The number of aromatic nitrogens is 2. The molecule has 2 aromatic heterocycles. The Bertz CT molecular complexity index is 966. The van der Waals surface area contributed by atoms with Gasteiger partial charge < -0.3 is 15.4 Å². The Hall–Kier alpha value is -2.40. The van der Waals surface area contributed by atoms with Crippen molar-refractivity contribution in [3.8, 4) is 6.07 Å². The molecule has 160 valence electrons. The van der Waals surface area contributed by atoms with Crippen LogP contribution in [0.25, 0.3) is 10.2 Å². The average Bonchev–Trinajstić information content (AvgIpc) is 3.22. The van der Waals surface area contributed by atoms with Crippen LogP contribution in [0.4, 0.5) is 10.6 Å². The number of nitrogens with one attached hydrogen (secondary N) is 2. The van der Waals surface area contributed by atoms with Crippen molar-refractivity contribution < 1.29 is 9.53 Å². The maximum atomic E-state index is 12.0. The number of ether oxygens (including phenoxy) is 1. The summed E-state index contributed by atoms with van der Waals surface area (Å²) in [5.41, 5.74) is 0.811. The minimum Gasteiger partial charge on any atom is -0.444 e. The summed E-state index contributed by atoms with van der Waals surface area (Å²) in [6, 6.07) is 2.80. The summed E-state index contributed by atoms with van der Waals surface area (Å²) in [4.78, 5) is 23.5. The van der Waals surface area contributed by atoms with E-state index in [0.717, 1.165) is 54.6 Å². The van der Waals surface area contributed by atoms with Crippen molar-refractivity contribution in [1.29, 1.82) is 5.26 Å². The summed E-state index contributed by atoms with van der Waals surface area (Å²) in [6.45, 7) is 5.62. The number of alkyl carbamates (subject to hydrolysis) is 1. The van der Waals surface area contributed by atoms with Gasteiger partial charge in [-0.15, -0.1) is 11.3 Å². The first-order valence-corrected chi connectivity index (χ1v) is 11.5. The van der Waals surface area contributed by atoms with Gasteiger partial charge in [-0.1, -0.05) is 0 Å². The van der Waals surface area contributed by atoms with E-state index >= 15 is 0 Å². The van der Waals surface area contributed by atoms with E-state index in [1.165, 1.54) is 10.4 Å². The lowest BCUT2D eigenvalue weighted by Crippen LogP contribution is -2.42. The molecule has 0 bridgehead atoms. The van der Waals surface area contributed by atoms with Crippen molar-refractivity contribution >= 4 is 33.5 Å². The smallest absolute Gasteiger partial charge is 0.407 e. The van der Waals surface area contributed by atoms with Crippen molar-refractivity contribution in [3.05, 3.63) is 16.8 Å². The topological polar surface area (TPSA) is 99.9 Å². The molecule has 2 N–H and O–H groups in total. The van der Waals surface area contributed by atoms with E-state index in [-0.39, 0.29) is 12.1 Å². The number of amides is 1. The zero-order valence-electron chi connectivity index (χ0n) is 17.8. The number of hydrogen-bond donors (Lipinski definition) is 2. The zero-order chi connectivity index (χ0) is 21.3. The van der Waals surface area contributed by atoms with E-state index in [1.807, 2.05) is 20.8 Å². The SMILES string of the molecule is CC(C)(C)OC(=O)NC1CCC(Nc2ncnc3sc4c(c23)C(CC#N)CC4)CC1. The molecule has 0 radical (unpaired) electrons. The van der Waals surface area contributed by atoms with Gasteiger partial charge in [0.2, 0.25) is 0 Å². The summed E-state index contributed by atoms with van der Waals surface area (Å²) in [7, 11) is 0. The van der Waals surface area contributed by atoms with Gasteiger partial charge >= 0.3 is 6.09 Å². The molecule has 0 aromatic carbocycles. The van der Waals surface area contributed by atoms with Gasteiger partial charge in [-0.25, -0.2) is 14.8 Å². The maximum Gasteiger partial charge on any atom is 0.407 e. The molecule has 1 fully saturated rings. The lowest BCUT2D eigenvalue weighted by molar-refractivity contribution is 0.0492. The molecule has 1 amide bonds. The van der Waals surface area contributed by atoms with Crippen LogP contribution < -0.4 is 10.6 Å². The number of anilines is 1. The summed E-state index contributed by atoms with van der Waals surface area (Å²) < 4.78 is 5.37. The third-order valence-electron chi connectivity index (χ3n) is 5.86. The molecule has 1 saturated carbocycles. The van der Waals surface area contributed by atoms with Crippen LogP contribution in [0.1, 0.15) is 75.7 Å². The van der Waals surface area contributed by atoms with Crippen molar-refractivity contribution in [3.63, 3.8) is 0 Å². The number of hydrogen-bond acceptors (Lipinski definition) is 7. The highest BCUT2D eigenvalue weighted by Gasteiger charge is 2.30. The number of carbonyl (C=O) groups excluding carboxylic acids is 1. The Morgan fingerprint density at radius 3 is 2.67 bits per heavy atom. The van der Waals surface area contributed by atoms with E-state index in [2.05, 4.69) is 26.7 Å². The van der Waals surface area contributed by atoms with Gasteiger partial charge in [-0.05, 0) is 70.8 Å². The molecule has 1 unspecified atom stereocenters. The monoisotopic (exact) mass is 427 g/mol. The zero-order valence-corrected chi connectivity index (χ0v) is 18.6. The Kier molecular flexibility index (Phi) is 5.83. The van der Waals surface area contributed by atoms with Gasteiger partial charge in [0.05, 0.1) is 11.5 Å². The quantitative estimate of drug-likeness (QED) is 0.721. The Morgan fingerprint density at radius 2 is 1.97 bits per heavy atom. The summed E-state index contributed by atoms with van der Waals surface area (Å²) in [5.74, 6) is 1.19. The van der Waals surface area contributed by atoms with E-state index in [1.54, 1.807) is 17.7 Å². The predicted molar refractivity (Wildman–Crippen MR) is 118 cm³/mol. The molecular formula is C22H29N5O2S. The van der Waals surface area contributed by atoms with Crippen molar-refractivity contribution in [1.82, 2.24) is 15.3 Å². The molecule has 2 heterocycles. The third-order valence-corrected chi connectivity index (χ3v) is 7.03. The lowest BCUT2D eigenvalue weighted by Gasteiger charge is -2.31. The highest BCUT2D eigenvalue weighted by Crippen LogP contribution is 2.46. The van der Waals surface area contributed by atoms with E-state index in [4.69, 9.17) is 4.74 Å². The number of aryl methyl sites for hydroxylation is 1. The molecule has 8 heteroatoms. The first kappa shape index (κ1) is 20.9. The third kappa shape index (κ3) is 4.51. The summed E-state index contributed by atoms with van der Waals surface area (Å²) in [6.07, 6.45) is 7.64. The molecule has 0 aliphatic heterocycles. The molecule has 1 atom stereocenters. The van der Waals surface area contributed by atoms with Gasteiger partial charge in [0, 0.05) is 23.4 Å². The van der Waals surface area contributed by atoms with Crippen LogP contribution >= 0.6 is 11.3 Å². The van der Waals surface area contributed by atoms with Crippen molar-refractivity contribution in [2.75, 3.05) is 5.32 Å². The highest BCUT2D eigenvalue weighted by atomic mass is 32.1. The largest absolute Gasteiger partial charge is 0.444 e. The minimum atomic E-state index is -0.481. The number of nitriles is 1. The molecule has 2 aliphatic carbocycles. The molecule has 2 aromatic rings. The molecule has 30 heavy (non-hydrogen) atoms. The number of carbonyl (C=O) groups is 1. The highest BCUT2D eigenvalue weighted by molar-refractivity contribution is 7.19. The molecule has 0 saturated heterocycles. The van der Waals surface area contributed by atoms with Crippen LogP contribution in [0.2, 0.25) is 0 Å². The minimum absolute atomic E-state index is 0.147. The first-order valence-electron chi connectivity index (χ1n) is 10.7. The van der Waals surface area contributed by atoms with Crippen LogP contribution in [0.3, 0.4) is 0 Å². The fraction of sp³-hybridized carbons (Fsp3) is 0.636. The summed E-state index contributed by atoms with van der Waals surface area (Å²) in [5, 5.41) is 17.0. The standard InChI is InChI=1S/C22H29N5O2S/c1-22(2,3)29-21(28)27-15-7-5-14(6-8-15)26-19-18-17-13(10-11-23)4-9-16(17)30-20(18)25-12-24-19/h12-15H,4-10H2,1-3H3,(H,27,28)(H,24,25,26). The Balaban J connectivity index is 1.42. The van der Waals surface area contributed by atoms with Crippen molar-refractivity contribution in [2.24, 2.45) is 0 Å².